The van der Waals surface area contributed by atoms with E-state index in [1.165, 1.54) is 21.0 Å². The van der Waals surface area contributed by atoms with Crippen LogP contribution in [0.5, 0.6) is 0 Å². The molecule has 1 atom stereocenters. The molecule has 6 nitrogen and oxygen atoms in total. The number of hydrogen-bond donors (Lipinski definition) is 2. The number of aliphatic carboxylic acids is 1. The first-order valence-electron chi connectivity index (χ1n) is 6.40. The molecule has 0 aromatic carbocycles. The maximum Gasteiger partial charge on any atom is 0.309 e. The van der Waals surface area contributed by atoms with E-state index in [1.54, 1.807) is 0 Å². The monoisotopic (exact) mass is 293 g/mol. The van der Waals surface area contributed by atoms with Crippen LogP contribution in [0.3, 0.4) is 0 Å². The maximum atomic E-state index is 12.0. The molecule has 7 heteroatoms. The fourth-order valence-corrected chi connectivity index (χ4v) is 3.35. The van der Waals surface area contributed by atoms with Gasteiger partial charge in [-0.2, -0.15) is 0 Å². The highest BCUT2D eigenvalue weighted by atomic mass is 32.2. The normalized spacial score (nSPS) is 18.3. The number of ether oxygens (including phenoxy) is 1. The van der Waals surface area contributed by atoms with E-state index in [0.717, 1.165) is 12.8 Å². The van der Waals surface area contributed by atoms with Gasteiger partial charge in [0.2, 0.25) is 10.0 Å². The SMILES string of the molecule is COCC(NS(=O)(=O)CCC(C)(C)C(=O)O)C1CC1. The van der Waals surface area contributed by atoms with Crippen molar-refractivity contribution in [2.45, 2.75) is 39.2 Å². The highest BCUT2D eigenvalue weighted by molar-refractivity contribution is 7.89. The summed E-state index contributed by atoms with van der Waals surface area (Å²) in [6.45, 7) is 3.41. The Morgan fingerprint density at radius 2 is 2.05 bits per heavy atom. The zero-order chi connectivity index (χ0) is 14.7. The van der Waals surface area contributed by atoms with Crippen molar-refractivity contribution in [3.8, 4) is 0 Å². The van der Waals surface area contributed by atoms with Gasteiger partial charge in [0.25, 0.3) is 0 Å². The van der Waals surface area contributed by atoms with Crippen LogP contribution in [0.15, 0.2) is 0 Å². The van der Waals surface area contributed by atoms with E-state index < -0.39 is 21.4 Å². The second-order valence-corrected chi connectivity index (χ2v) is 7.65. The molecule has 0 spiro atoms. The van der Waals surface area contributed by atoms with Gasteiger partial charge < -0.3 is 9.84 Å². The molecule has 2 N–H and O–H groups in total. The first-order valence-corrected chi connectivity index (χ1v) is 8.05. The lowest BCUT2D eigenvalue weighted by atomic mass is 9.91. The summed E-state index contributed by atoms with van der Waals surface area (Å²) in [5.74, 6) is -0.820. The number of rotatable bonds is 9. The minimum atomic E-state index is -3.47. The van der Waals surface area contributed by atoms with Gasteiger partial charge in [-0.05, 0) is 39.0 Å². The second-order valence-electron chi connectivity index (χ2n) is 5.78. The van der Waals surface area contributed by atoms with E-state index in [1.807, 2.05) is 0 Å². The van der Waals surface area contributed by atoms with Crippen LogP contribution in [-0.4, -0.2) is 45.0 Å². The molecule has 0 radical (unpaired) electrons. The van der Waals surface area contributed by atoms with Gasteiger partial charge in [0.1, 0.15) is 0 Å². The van der Waals surface area contributed by atoms with Gasteiger partial charge in [-0.25, -0.2) is 13.1 Å². The summed E-state index contributed by atoms with van der Waals surface area (Å²) in [5.41, 5.74) is -1.04. The van der Waals surface area contributed by atoms with E-state index in [0.29, 0.717) is 12.5 Å². The van der Waals surface area contributed by atoms with Crippen LogP contribution < -0.4 is 4.72 Å². The number of methoxy groups -OCH3 is 1. The molecule has 1 saturated carbocycles. The summed E-state index contributed by atoms with van der Waals surface area (Å²) in [5, 5.41) is 8.97. The molecule has 0 aromatic rings. The molecule has 1 aliphatic carbocycles. The Kier molecular flexibility index (Phi) is 5.34. The average molecular weight is 293 g/mol. The minimum Gasteiger partial charge on any atom is -0.481 e. The predicted octanol–water partition coefficient (Wildman–Crippen LogP) is 0.832. The van der Waals surface area contributed by atoms with Crippen molar-refractivity contribution >= 4 is 16.0 Å². The van der Waals surface area contributed by atoms with Crippen LogP contribution in [-0.2, 0) is 19.6 Å². The highest BCUT2D eigenvalue weighted by Crippen LogP contribution is 2.33. The van der Waals surface area contributed by atoms with Crippen LogP contribution in [0.4, 0.5) is 0 Å². The Balaban J connectivity index is 2.53. The first kappa shape index (κ1) is 16.4. The van der Waals surface area contributed by atoms with Crippen LogP contribution >= 0.6 is 0 Å². The highest BCUT2D eigenvalue weighted by Gasteiger charge is 2.35. The summed E-state index contributed by atoms with van der Waals surface area (Å²) >= 11 is 0. The largest absolute Gasteiger partial charge is 0.481 e. The van der Waals surface area contributed by atoms with Crippen molar-refractivity contribution in [3.05, 3.63) is 0 Å². The summed E-state index contributed by atoms with van der Waals surface area (Å²) in [4.78, 5) is 10.9. The Labute approximate surface area is 114 Å². The van der Waals surface area contributed by atoms with Crippen LogP contribution in [0, 0.1) is 11.3 Å². The quantitative estimate of drug-likeness (QED) is 0.657. The van der Waals surface area contributed by atoms with Crippen molar-refractivity contribution < 1.29 is 23.1 Å². The minimum absolute atomic E-state index is 0.0854. The summed E-state index contributed by atoms with van der Waals surface area (Å²) in [6, 6.07) is -0.192. The molecule has 1 fully saturated rings. The number of sulfonamides is 1. The number of nitrogens with one attached hydrogen (secondary N) is 1. The van der Waals surface area contributed by atoms with E-state index in [-0.39, 0.29) is 18.2 Å². The lowest BCUT2D eigenvalue weighted by molar-refractivity contribution is -0.146. The lowest BCUT2D eigenvalue weighted by Crippen LogP contribution is -2.41. The fourth-order valence-electron chi connectivity index (χ4n) is 1.73. The number of hydrogen-bond acceptors (Lipinski definition) is 4. The van der Waals surface area contributed by atoms with Crippen molar-refractivity contribution in [1.82, 2.24) is 4.72 Å². The Morgan fingerprint density at radius 1 is 1.47 bits per heavy atom. The van der Waals surface area contributed by atoms with Gasteiger partial charge >= 0.3 is 5.97 Å². The smallest absolute Gasteiger partial charge is 0.309 e. The van der Waals surface area contributed by atoms with Crippen molar-refractivity contribution in [2.75, 3.05) is 19.5 Å². The number of carbonyl (C=O) groups is 1. The molecule has 1 unspecified atom stereocenters. The van der Waals surface area contributed by atoms with E-state index in [2.05, 4.69) is 4.72 Å². The molecule has 0 amide bonds. The lowest BCUT2D eigenvalue weighted by Gasteiger charge is -2.21. The molecule has 0 aromatic heterocycles. The molecule has 0 heterocycles. The van der Waals surface area contributed by atoms with Gasteiger partial charge in [-0.3, -0.25) is 4.79 Å². The topological polar surface area (TPSA) is 92.7 Å². The third kappa shape index (κ3) is 5.46. The molecule has 112 valence electrons. The molecule has 0 aliphatic heterocycles. The van der Waals surface area contributed by atoms with Gasteiger partial charge in [0.05, 0.1) is 17.8 Å². The van der Waals surface area contributed by atoms with Crippen molar-refractivity contribution in [2.24, 2.45) is 11.3 Å². The Hall–Kier alpha value is -0.660. The molecular weight excluding hydrogens is 270 g/mol. The van der Waals surface area contributed by atoms with E-state index in [4.69, 9.17) is 9.84 Å². The second kappa shape index (κ2) is 6.19. The molecule has 0 bridgehead atoms. The van der Waals surface area contributed by atoms with Gasteiger partial charge in [-0.1, -0.05) is 0 Å². The van der Waals surface area contributed by atoms with Gasteiger partial charge in [0.15, 0.2) is 0 Å². The van der Waals surface area contributed by atoms with Gasteiger partial charge in [0, 0.05) is 13.2 Å². The standard InChI is InChI=1S/C12H23NO5S/c1-12(2,11(14)15)6-7-19(16,17)13-10(8-18-3)9-4-5-9/h9-10,13H,4-8H2,1-3H3,(H,14,15). The van der Waals surface area contributed by atoms with Crippen LogP contribution in [0.2, 0.25) is 0 Å². The predicted molar refractivity (Wildman–Crippen MR) is 71.3 cm³/mol. The summed E-state index contributed by atoms with van der Waals surface area (Å²) in [6.07, 6.45) is 2.11. The number of carboxylic acids is 1. The molecule has 19 heavy (non-hydrogen) atoms. The first-order chi connectivity index (χ1) is 8.68. The number of carboxylic acid groups (broad SMARTS) is 1. The van der Waals surface area contributed by atoms with Crippen LogP contribution in [0.25, 0.3) is 0 Å². The van der Waals surface area contributed by atoms with Crippen molar-refractivity contribution in [1.29, 1.82) is 0 Å². The van der Waals surface area contributed by atoms with Gasteiger partial charge in [-0.15, -0.1) is 0 Å². The van der Waals surface area contributed by atoms with Crippen molar-refractivity contribution in [3.63, 3.8) is 0 Å². The molecule has 1 rings (SSSR count). The fraction of sp³-hybridized carbons (Fsp3) is 0.917. The zero-order valence-corrected chi connectivity index (χ0v) is 12.5. The van der Waals surface area contributed by atoms with Crippen LogP contribution in [0.1, 0.15) is 33.1 Å². The summed E-state index contributed by atoms with van der Waals surface area (Å²) < 4.78 is 31.6. The summed E-state index contributed by atoms with van der Waals surface area (Å²) in [7, 11) is -1.93. The van der Waals surface area contributed by atoms with E-state index >= 15 is 0 Å². The Morgan fingerprint density at radius 3 is 2.47 bits per heavy atom. The average Bonchev–Trinajstić information content (AvgIpc) is 3.09. The molecular formula is C12H23NO5S. The third-order valence-electron chi connectivity index (χ3n) is 3.44. The molecule has 0 saturated heterocycles. The maximum absolute atomic E-state index is 12.0. The Bertz CT molecular complexity index is 414. The van der Waals surface area contributed by atoms with E-state index in [9.17, 15) is 13.2 Å². The molecule has 1 aliphatic rings. The third-order valence-corrected chi connectivity index (χ3v) is 4.85. The zero-order valence-electron chi connectivity index (χ0n) is 11.7.